The molecule has 0 bridgehead atoms. The van der Waals surface area contributed by atoms with Crippen LogP contribution in [0.3, 0.4) is 0 Å². The summed E-state index contributed by atoms with van der Waals surface area (Å²) in [4.78, 5) is 38.8. The van der Waals surface area contributed by atoms with E-state index < -0.39 is 35.4 Å². The minimum atomic E-state index is -0.979. The summed E-state index contributed by atoms with van der Waals surface area (Å²) >= 11 is 0. The summed E-state index contributed by atoms with van der Waals surface area (Å²) < 4.78 is 24.3. The molecule has 0 spiro atoms. The van der Waals surface area contributed by atoms with Crippen LogP contribution in [-0.4, -0.2) is 30.9 Å². The Morgan fingerprint density at radius 2 is 1.97 bits per heavy atom. The lowest BCUT2D eigenvalue weighted by Gasteiger charge is -2.38. The first-order valence-corrected chi connectivity index (χ1v) is 9.95. The third kappa shape index (κ3) is 3.88. The molecule has 0 unspecified atom stereocenters. The molecule has 0 fully saturated rings. The van der Waals surface area contributed by atoms with Crippen LogP contribution in [0.1, 0.15) is 45.6 Å². The molecule has 3 rings (SSSR count). The van der Waals surface area contributed by atoms with Crippen molar-refractivity contribution in [3.63, 3.8) is 0 Å². The van der Waals surface area contributed by atoms with Gasteiger partial charge in [-0.25, -0.2) is 9.18 Å². The van der Waals surface area contributed by atoms with Gasteiger partial charge in [0.15, 0.2) is 5.78 Å². The molecule has 2 aliphatic rings. The minimum absolute atomic E-state index is 0.236. The van der Waals surface area contributed by atoms with Gasteiger partial charge in [-0.15, -0.1) is 0 Å². The number of carbonyl (C=O) groups excluding carboxylic acids is 3. The van der Waals surface area contributed by atoms with Crippen LogP contribution in [0, 0.1) is 17.7 Å². The third-order valence-corrected chi connectivity index (χ3v) is 5.49. The normalized spacial score (nSPS) is 23.8. The average Bonchev–Trinajstić information content (AvgIpc) is 2.65. The molecule has 3 atom stereocenters. The number of halogens is 1. The van der Waals surface area contributed by atoms with Crippen molar-refractivity contribution in [3.05, 3.63) is 58.2 Å². The van der Waals surface area contributed by atoms with E-state index >= 15 is 0 Å². The molecule has 0 aromatic heterocycles. The molecule has 1 aromatic carbocycles. The lowest BCUT2D eigenvalue weighted by atomic mass is 9.69. The summed E-state index contributed by atoms with van der Waals surface area (Å²) in [6, 6.07) is 5.79. The zero-order chi connectivity index (χ0) is 22.2. The summed E-state index contributed by atoms with van der Waals surface area (Å²) in [5.41, 5.74) is 2.16. The molecule has 1 aliphatic carbocycles. The predicted octanol–water partition coefficient (Wildman–Crippen LogP) is 3.39. The van der Waals surface area contributed by atoms with E-state index in [1.165, 1.54) is 25.3 Å². The number of carbonyl (C=O) groups is 3. The molecule has 7 heteroatoms. The number of ketones is 1. The maximum absolute atomic E-state index is 14.1. The molecule has 0 radical (unpaired) electrons. The number of benzene rings is 1. The standard InChI is InChI=1S/C23H26FNO5/c1-11(2)30-23(28)18-13(4)25-16-9-12(3)17(22(27)29-5)21(26)20(16)19(18)14-7-6-8-15(24)10-14/h6-8,10-12,17,19,25H,9H2,1-5H3/t12-,17+,19+/m0/s1. The first kappa shape index (κ1) is 21.7. The van der Waals surface area contributed by atoms with Crippen LogP contribution < -0.4 is 5.32 Å². The summed E-state index contributed by atoms with van der Waals surface area (Å²) in [6.07, 6.45) is 0.0579. The summed E-state index contributed by atoms with van der Waals surface area (Å²) in [7, 11) is 1.24. The molecule has 160 valence electrons. The lowest BCUT2D eigenvalue weighted by Crippen LogP contribution is -2.43. The molecular formula is C23H26FNO5. The van der Waals surface area contributed by atoms with Crippen molar-refractivity contribution in [3.8, 4) is 0 Å². The van der Waals surface area contributed by atoms with Crippen molar-refractivity contribution in [2.75, 3.05) is 7.11 Å². The highest BCUT2D eigenvalue weighted by Crippen LogP contribution is 2.45. The van der Waals surface area contributed by atoms with Gasteiger partial charge in [0.2, 0.25) is 0 Å². The second kappa shape index (κ2) is 8.42. The van der Waals surface area contributed by atoms with Crippen LogP contribution in [0.5, 0.6) is 0 Å². The molecule has 0 saturated heterocycles. The molecule has 1 aromatic rings. The molecule has 0 saturated carbocycles. The van der Waals surface area contributed by atoms with Crippen molar-refractivity contribution < 1.29 is 28.2 Å². The molecule has 1 aliphatic heterocycles. The average molecular weight is 415 g/mol. The van der Waals surface area contributed by atoms with Crippen molar-refractivity contribution >= 4 is 17.7 Å². The van der Waals surface area contributed by atoms with E-state index in [1.807, 2.05) is 6.92 Å². The largest absolute Gasteiger partial charge is 0.468 e. The molecule has 1 N–H and O–H groups in total. The molecule has 1 heterocycles. The minimum Gasteiger partial charge on any atom is -0.468 e. The van der Waals surface area contributed by atoms with Gasteiger partial charge in [0.1, 0.15) is 11.7 Å². The Morgan fingerprint density at radius 1 is 1.27 bits per heavy atom. The number of allylic oxidation sites excluding steroid dienone is 3. The van der Waals surface area contributed by atoms with E-state index in [9.17, 15) is 18.8 Å². The Labute approximate surface area is 175 Å². The van der Waals surface area contributed by atoms with E-state index in [0.29, 0.717) is 23.4 Å². The zero-order valence-corrected chi connectivity index (χ0v) is 17.7. The summed E-state index contributed by atoms with van der Waals surface area (Å²) in [5.74, 6) is -4.20. The maximum atomic E-state index is 14.1. The van der Waals surface area contributed by atoms with Crippen LogP contribution >= 0.6 is 0 Å². The van der Waals surface area contributed by atoms with Gasteiger partial charge in [-0.2, -0.15) is 0 Å². The van der Waals surface area contributed by atoms with Gasteiger partial charge in [-0.05, 0) is 50.8 Å². The Hall–Kier alpha value is -2.96. The highest BCUT2D eigenvalue weighted by atomic mass is 19.1. The second-order valence-electron chi connectivity index (χ2n) is 8.04. The number of methoxy groups -OCH3 is 1. The van der Waals surface area contributed by atoms with Crippen LogP contribution in [0.25, 0.3) is 0 Å². The van der Waals surface area contributed by atoms with Crippen molar-refractivity contribution in [2.45, 2.75) is 46.1 Å². The van der Waals surface area contributed by atoms with E-state index in [0.717, 1.165) is 0 Å². The van der Waals surface area contributed by atoms with Gasteiger partial charge < -0.3 is 14.8 Å². The topological polar surface area (TPSA) is 81.7 Å². The fourth-order valence-corrected chi connectivity index (χ4v) is 4.25. The predicted molar refractivity (Wildman–Crippen MR) is 108 cm³/mol. The molecule has 30 heavy (non-hydrogen) atoms. The van der Waals surface area contributed by atoms with Gasteiger partial charge in [0, 0.05) is 22.9 Å². The number of esters is 2. The number of hydrogen-bond acceptors (Lipinski definition) is 6. The Bertz CT molecular complexity index is 962. The van der Waals surface area contributed by atoms with Gasteiger partial charge in [-0.1, -0.05) is 19.1 Å². The third-order valence-electron chi connectivity index (χ3n) is 5.49. The fourth-order valence-electron chi connectivity index (χ4n) is 4.25. The highest BCUT2D eigenvalue weighted by Gasteiger charge is 2.47. The molecule has 6 nitrogen and oxygen atoms in total. The van der Waals surface area contributed by atoms with Gasteiger partial charge in [0.25, 0.3) is 0 Å². The Balaban J connectivity index is 2.19. The van der Waals surface area contributed by atoms with Crippen molar-refractivity contribution in [2.24, 2.45) is 11.8 Å². The number of Topliss-reactive ketones (excluding diaryl/α,β-unsaturated/α-hetero) is 1. The van der Waals surface area contributed by atoms with Gasteiger partial charge >= 0.3 is 11.9 Å². The maximum Gasteiger partial charge on any atom is 0.337 e. The van der Waals surface area contributed by atoms with E-state index in [1.54, 1.807) is 26.8 Å². The van der Waals surface area contributed by atoms with Gasteiger partial charge in [-0.3, -0.25) is 9.59 Å². The van der Waals surface area contributed by atoms with Crippen LogP contribution in [-0.2, 0) is 23.9 Å². The Morgan fingerprint density at radius 3 is 2.57 bits per heavy atom. The second-order valence-corrected chi connectivity index (χ2v) is 8.04. The smallest absolute Gasteiger partial charge is 0.337 e. The first-order valence-electron chi connectivity index (χ1n) is 9.95. The molecule has 0 amide bonds. The Kier molecular flexibility index (Phi) is 6.10. The number of nitrogens with one attached hydrogen (secondary N) is 1. The highest BCUT2D eigenvalue weighted by molar-refractivity contribution is 6.12. The fraction of sp³-hybridized carbons (Fsp3) is 0.435. The van der Waals surface area contributed by atoms with E-state index in [2.05, 4.69) is 5.32 Å². The summed E-state index contributed by atoms with van der Waals surface area (Å²) in [6.45, 7) is 7.00. The number of hydrogen-bond donors (Lipinski definition) is 1. The lowest BCUT2D eigenvalue weighted by molar-refractivity contribution is -0.151. The van der Waals surface area contributed by atoms with Crippen LogP contribution in [0.15, 0.2) is 46.8 Å². The van der Waals surface area contributed by atoms with Crippen LogP contribution in [0.2, 0.25) is 0 Å². The van der Waals surface area contributed by atoms with Crippen LogP contribution in [0.4, 0.5) is 4.39 Å². The SMILES string of the molecule is COC(=O)[C@H]1C(=O)C2=C(C[C@@H]1C)NC(C)=C(C(=O)OC(C)C)[C@H]2c1cccc(F)c1. The first-order chi connectivity index (χ1) is 14.1. The van der Waals surface area contributed by atoms with Crippen molar-refractivity contribution in [1.82, 2.24) is 5.32 Å². The van der Waals surface area contributed by atoms with E-state index in [-0.39, 0.29) is 23.2 Å². The van der Waals surface area contributed by atoms with E-state index in [4.69, 9.17) is 9.47 Å². The van der Waals surface area contributed by atoms with Gasteiger partial charge in [0.05, 0.1) is 18.8 Å². The summed E-state index contributed by atoms with van der Waals surface area (Å²) in [5, 5.41) is 3.17. The molecular weight excluding hydrogens is 389 g/mol. The van der Waals surface area contributed by atoms with Crippen molar-refractivity contribution in [1.29, 1.82) is 0 Å². The number of rotatable bonds is 4. The quantitative estimate of drug-likeness (QED) is 0.600. The monoisotopic (exact) mass is 415 g/mol. The number of ether oxygens (including phenoxy) is 2. The number of dihydropyridines is 1. The zero-order valence-electron chi connectivity index (χ0n) is 17.7.